The van der Waals surface area contributed by atoms with Crippen LogP contribution < -0.4 is 9.47 Å². The third-order valence-corrected chi connectivity index (χ3v) is 6.91. The summed E-state index contributed by atoms with van der Waals surface area (Å²) in [4.78, 5) is 13.1. The number of nitrogens with zero attached hydrogens (tertiary/aromatic N) is 4. The third kappa shape index (κ3) is 5.41. The van der Waals surface area contributed by atoms with Gasteiger partial charge in [0.25, 0.3) is 10.3 Å². The molecule has 0 radical (unpaired) electrons. The molecule has 0 fully saturated rings. The second-order valence-electron chi connectivity index (χ2n) is 9.23. The lowest BCUT2D eigenvalue weighted by Gasteiger charge is -2.14. The van der Waals surface area contributed by atoms with Gasteiger partial charge in [0.05, 0.1) is 11.0 Å². The van der Waals surface area contributed by atoms with Crippen molar-refractivity contribution in [3.8, 4) is 33.8 Å². The maximum atomic E-state index is 5.68. The molecule has 3 aromatic carbocycles. The van der Waals surface area contributed by atoms with Gasteiger partial charge >= 0.3 is 0 Å². The number of fused-ring (bicyclic) bond motifs is 3. The molecule has 0 spiro atoms. The van der Waals surface area contributed by atoms with Gasteiger partial charge in [-0.25, -0.2) is 0 Å². The number of hydrogen-bond donors (Lipinski definition) is 0. The first-order valence-electron chi connectivity index (χ1n) is 12.0. The first-order chi connectivity index (χ1) is 18.3. The molecule has 0 N–H and O–H groups in total. The van der Waals surface area contributed by atoms with Crippen LogP contribution in [-0.2, 0) is 0 Å². The number of pyridine rings is 2. The van der Waals surface area contributed by atoms with Gasteiger partial charge < -0.3 is 19.3 Å². The Morgan fingerprint density at radius 1 is 0.553 bits per heavy atom. The van der Waals surface area contributed by atoms with Crippen molar-refractivity contribution in [3.05, 3.63) is 85.2 Å². The summed E-state index contributed by atoms with van der Waals surface area (Å²) in [6.07, 6.45) is 3.77. The molecular weight excluding hydrogens is 512 g/mol. The van der Waals surface area contributed by atoms with Gasteiger partial charge in [-0.05, 0) is 72.0 Å². The summed E-state index contributed by atoms with van der Waals surface area (Å²) in [5.74, 6) is 1.40. The second kappa shape index (κ2) is 10.7. The normalized spacial score (nSPS) is 10.8. The molecular formula is C30H26N4O2S2. The molecule has 5 rings (SSSR count). The fourth-order valence-corrected chi connectivity index (χ4v) is 4.12. The number of benzene rings is 3. The number of aromatic nitrogens is 2. The molecule has 0 bridgehead atoms. The minimum absolute atomic E-state index is 0.420. The van der Waals surface area contributed by atoms with E-state index >= 15 is 0 Å². The van der Waals surface area contributed by atoms with E-state index in [9.17, 15) is 0 Å². The molecule has 0 unspecified atom stereocenters. The molecule has 0 aliphatic rings. The van der Waals surface area contributed by atoms with E-state index in [-0.39, 0.29) is 0 Å². The maximum Gasteiger partial charge on any atom is 0.264 e. The summed E-state index contributed by atoms with van der Waals surface area (Å²) in [5.41, 5.74) is 5.87. The van der Waals surface area contributed by atoms with Gasteiger partial charge in [0.2, 0.25) is 0 Å². The van der Waals surface area contributed by atoms with Crippen LogP contribution in [0.5, 0.6) is 11.5 Å². The Morgan fingerprint density at radius 2 is 0.921 bits per heavy atom. The average molecular weight is 539 g/mol. The van der Waals surface area contributed by atoms with E-state index in [2.05, 4.69) is 24.3 Å². The van der Waals surface area contributed by atoms with Crippen LogP contribution in [0.4, 0.5) is 0 Å². The van der Waals surface area contributed by atoms with Gasteiger partial charge in [0, 0.05) is 62.5 Å². The van der Waals surface area contributed by atoms with Crippen molar-refractivity contribution in [1.29, 1.82) is 0 Å². The van der Waals surface area contributed by atoms with Crippen LogP contribution in [0.3, 0.4) is 0 Å². The molecule has 0 atom stereocenters. The summed E-state index contributed by atoms with van der Waals surface area (Å²) in [6.45, 7) is 0. The van der Waals surface area contributed by atoms with E-state index in [1.165, 1.54) is 0 Å². The van der Waals surface area contributed by atoms with Crippen LogP contribution in [0.25, 0.3) is 44.1 Å². The number of hydrogen-bond acceptors (Lipinski definition) is 6. The molecule has 0 saturated carbocycles. The predicted octanol–water partition coefficient (Wildman–Crippen LogP) is 6.57. The number of thiocarbonyl (C=S) groups is 2. The van der Waals surface area contributed by atoms with Gasteiger partial charge in [-0.3, -0.25) is 9.97 Å². The van der Waals surface area contributed by atoms with Crippen molar-refractivity contribution in [2.45, 2.75) is 0 Å². The van der Waals surface area contributed by atoms with E-state index in [1.54, 1.807) is 9.80 Å². The van der Waals surface area contributed by atoms with Crippen molar-refractivity contribution in [2.75, 3.05) is 28.2 Å². The molecule has 2 aromatic heterocycles. The van der Waals surface area contributed by atoms with Crippen LogP contribution in [0.15, 0.2) is 85.2 Å². The number of rotatable bonds is 4. The molecule has 0 saturated heterocycles. The Bertz CT molecular complexity index is 1530. The Hall–Kier alpha value is -4.14. The maximum absolute atomic E-state index is 5.68. The summed E-state index contributed by atoms with van der Waals surface area (Å²) < 4.78 is 11.4. The first-order valence-corrected chi connectivity index (χ1v) is 12.8. The van der Waals surface area contributed by atoms with Crippen LogP contribution in [-0.4, -0.2) is 58.3 Å². The van der Waals surface area contributed by atoms with E-state index in [0.717, 1.165) is 44.1 Å². The van der Waals surface area contributed by atoms with Crippen molar-refractivity contribution < 1.29 is 9.47 Å². The van der Waals surface area contributed by atoms with E-state index < -0.39 is 0 Å². The Kier molecular flexibility index (Phi) is 7.18. The standard InChI is InChI=1S/C30H26N4O2S2/c1-33(2)29(37)35-25-11-7-19(8-12-25)23-15-21-5-6-22-16-24(18-32-28(22)27(21)31-17-23)20-9-13-26(14-10-20)36-30(38)34(3)4/h5-18H,1-4H3. The molecule has 0 aliphatic heterocycles. The molecule has 6 nitrogen and oxygen atoms in total. The highest BCUT2D eigenvalue weighted by Gasteiger charge is 2.10. The lowest BCUT2D eigenvalue weighted by Crippen LogP contribution is -2.24. The summed E-state index contributed by atoms with van der Waals surface area (Å²) in [6, 6.07) is 24.1. The Balaban J connectivity index is 1.39. The SMILES string of the molecule is CN(C)C(=S)Oc1ccc(-c2cnc3c(ccc4cc(-c5ccc(OC(=S)N(C)C)cc5)cnc43)c2)cc1. The van der Waals surface area contributed by atoms with Crippen molar-refractivity contribution in [2.24, 2.45) is 0 Å². The summed E-state index contributed by atoms with van der Waals surface area (Å²) in [5, 5.41) is 2.90. The molecule has 190 valence electrons. The van der Waals surface area contributed by atoms with Crippen LogP contribution >= 0.6 is 24.4 Å². The molecule has 0 amide bonds. The van der Waals surface area contributed by atoms with Crippen molar-refractivity contribution >= 4 is 56.6 Å². The molecule has 8 heteroatoms. The van der Waals surface area contributed by atoms with Gasteiger partial charge in [-0.2, -0.15) is 0 Å². The predicted molar refractivity (Wildman–Crippen MR) is 162 cm³/mol. The molecule has 0 aliphatic carbocycles. The van der Waals surface area contributed by atoms with Crippen molar-refractivity contribution in [1.82, 2.24) is 19.8 Å². The first kappa shape index (κ1) is 25.5. The minimum Gasteiger partial charge on any atom is -0.432 e. The van der Waals surface area contributed by atoms with E-state index in [4.69, 9.17) is 43.9 Å². The Morgan fingerprint density at radius 3 is 1.26 bits per heavy atom. The number of ether oxygens (including phenoxy) is 2. The zero-order valence-electron chi connectivity index (χ0n) is 21.5. The van der Waals surface area contributed by atoms with Crippen LogP contribution in [0.1, 0.15) is 0 Å². The van der Waals surface area contributed by atoms with Gasteiger partial charge in [0.15, 0.2) is 0 Å². The zero-order valence-corrected chi connectivity index (χ0v) is 23.1. The largest absolute Gasteiger partial charge is 0.432 e. The second-order valence-corrected chi connectivity index (χ2v) is 9.93. The van der Waals surface area contributed by atoms with Crippen LogP contribution in [0.2, 0.25) is 0 Å². The van der Waals surface area contributed by atoms with E-state index in [0.29, 0.717) is 21.8 Å². The fraction of sp³-hybridized carbons (Fsp3) is 0.133. The summed E-state index contributed by atoms with van der Waals surface area (Å²) in [7, 11) is 7.42. The van der Waals surface area contributed by atoms with Gasteiger partial charge in [0.1, 0.15) is 11.5 Å². The highest BCUT2D eigenvalue weighted by atomic mass is 32.1. The topological polar surface area (TPSA) is 50.7 Å². The quantitative estimate of drug-likeness (QED) is 0.188. The lowest BCUT2D eigenvalue weighted by atomic mass is 10.0. The van der Waals surface area contributed by atoms with E-state index in [1.807, 2.05) is 89.1 Å². The smallest absolute Gasteiger partial charge is 0.264 e. The molecule has 2 heterocycles. The fourth-order valence-electron chi connectivity index (χ4n) is 3.92. The highest BCUT2D eigenvalue weighted by Crippen LogP contribution is 2.30. The third-order valence-electron chi connectivity index (χ3n) is 6.02. The average Bonchev–Trinajstić information content (AvgIpc) is 2.93. The lowest BCUT2D eigenvalue weighted by molar-refractivity contribution is 0.449. The van der Waals surface area contributed by atoms with Crippen molar-refractivity contribution in [3.63, 3.8) is 0 Å². The van der Waals surface area contributed by atoms with Gasteiger partial charge in [-0.15, -0.1) is 0 Å². The highest BCUT2D eigenvalue weighted by molar-refractivity contribution is 7.80. The van der Waals surface area contributed by atoms with Gasteiger partial charge in [-0.1, -0.05) is 36.4 Å². The van der Waals surface area contributed by atoms with Crippen LogP contribution in [0, 0.1) is 0 Å². The monoisotopic (exact) mass is 538 g/mol. The minimum atomic E-state index is 0.420. The molecule has 38 heavy (non-hydrogen) atoms. The molecule has 5 aromatic rings. The Labute approximate surface area is 232 Å². The zero-order chi connectivity index (χ0) is 26.8. The summed E-state index contributed by atoms with van der Waals surface area (Å²) >= 11 is 10.4.